The number of aromatic nitrogens is 2. The number of esters is 1. The molecule has 6 nitrogen and oxygen atoms in total. The lowest BCUT2D eigenvalue weighted by molar-refractivity contribution is -0.172. The molecule has 0 unspecified atom stereocenters. The number of carbonyl (C=O) groups is 1. The Labute approximate surface area is 189 Å². The van der Waals surface area contributed by atoms with Gasteiger partial charge in [-0.15, -0.1) is 0 Å². The number of cyclic esters (lactones) is 1. The van der Waals surface area contributed by atoms with E-state index in [0.29, 0.717) is 23.4 Å². The van der Waals surface area contributed by atoms with E-state index >= 15 is 0 Å². The van der Waals surface area contributed by atoms with Crippen LogP contribution in [0.2, 0.25) is 0 Å². The fourth-order valence-corrected chi connectivity index (χ4v) is 3.93. The number of aliphatic hydroxyl groups is 1. The van der Waals surface area contributed by atoms with Crippen molar-refractivity contribution in [2.75, 3.05) is 0 Å². The van der Waals surface area contributed by atoms with Crippen molar-refractivity contribution in [2.24, 2.45) is 0 Å². The van der Waals surface area contributed by atoms with Gasteiger partial charge in [0.2, 0.25) is 0 Å². The zero-order valence-corrected chi connectivity index (χ0v) is 20.2. The summed E-state index contributed by atoms with van der Waals surface area (Å²) in [6, 6.07) is 11.6. The van der Waals surface area contributed by atoms with Gasteiger partial charge in [-0.05, 0) is 24.6 Å². The molecule has 0 bridgehead atoms. The van der Waals surface area contributed by atoms with Crippen LogP contribution in [0, 0.1) is 0 Å². The highest BCUT2D eigenvalue weighted by molar-refractivity contribution is 5.86. The van der Waals surface area contributed by atoms with E-state index in [0.717, 1.165) is 22.2 Å². The van der Waals surface area contributed by atoms with E-state index in [9.17, 15) is 14.7 Å². The van der Waals surface area contributed by atoms with Crippen LogP contribution in [-0.2, 0) is 28.3 Å². The van der Waals surface area contributed by atoms with Crippen molar-refractivity contribution in [2.45, 2.75) is 73.6 Å². The van der Waals surface area contributed by atoms with Crippen molar-refractivity contribution in [3.8, 4) is 11.4 Å². The molecule has 0 amide bonds. The first kappa shape index (κ1) is 25.3. The normalized spacial score (nSPS) is 17.2. The molecular weight excluding hydrogens is 404 g/mol. The summed E-state index contributed by atoms with van der Waals surface area (Å²) in [4.78, 5) is 29.9. The molecule has 0 saturated carbocycles. The predicted molar refractivity (Wildman–Crippen MR) is 129 cm³/mol. The molecule has 0 spiro atoms. The number of hydrogen-bond donors (Lipinski definition) is 1. The van der Waals surface area contributed by atoms with Gasteiger partial charge in [0.05, 0.1) is 29.0 Å². The second kappa shape index (κ2) is 10.6. The summed E-state index contributed by atoms with van der Waals surface area (Å²) in [6.07, 6.45) is 0.139. The highest BCUT2D eigenvalue weighted by Crippen LogP contribution is 2.38. The zero-order valence-electron chi connectivity index (χ0n) is 20.2. The molecule has 2 aromatic heterocycles. The Hall–Kier alpha value is -2.99. The summed E-state index contributed by atoms with van der Waals surface area (Å²) < 4.78 is 6.72. The van der Waals surface area contributed by atoms with Gasteiger partial charge in [-0.3, -0.25) is 4.79 Å². The summed E-state index contributed by atoms with van der Waals surface area (Å²) in [5, 5.41) is 11.8. The summed E-state index contributed by atoms with van der Waals surface area (Å²) in [6.45, 7) is 14.0. The zero-order chi connectivity index (χ0) is 24.1. The standard InChI is InChI=1S/C20H16N2O4.3C2H6/c1-2-20(25)14-8-16-17-12(7-11-5-3-4-6-15(11)21-17)9-22(16)18(23)13(14)10-26-19(20)24;3*1-2/h3-8,25H,2,9-10H2,1H3;3*1-2H3/t20-;;;/m0.../s1. The van der Waals surface area contributed by atoms with E-state index in [-0.39, 0.29) is 18.6 Å². The lowest BCUT2D eigenvalue weighted by Gasteiger charge is -2.31. The number of nitrogens with zero attached hydrogens (tertiary/aromatic N) is 2. The predicted octanol–water partition coefficient (Wildman–Crippen LogP) is 5.16. The van der Waals surface area contributed by atoms with Crippen LogP contribution in [0.3, 0.4) is 0 Å². The number of fused-ring (bicyclic) bond motifs is 5. The Bertz CT molecular complexity index is 1170. The van der Waals surface area contributed by atoms with Crippen molar-refractivity contribution in [1.82, 2.24) is 9.55 Å². The number of pyridine rings is 2. The minimum atomic E-state index is -1.79. The molecule has 0 radical (unpaired) electrons. The van der Waals surface area contributed by atoms with Gasteiger partial charge in [0.15, 0.2) is 5.60 Å². The van der Waals surface area contributed by atoms with Crippen LogP contribution in [0.5, 0.6) is 0 Å². The molecule has 4 heterocycles. The molecule has 172 valence electrons. The van der Waals surface area contributed by atoms with Crippen LogP contribution < -0.4 is 5.56 Å². The lowest BCUT2D eigenvalue weighted by Crippen LogP contribution is -2.44. The molecule has 1 aromatic carbocycles. The molecule has 0 saturated heterocycles. The molecule has 2 aliphatic rings. The maximum absolute atomic E-state index is 13.0. The third-order valence-corrected chi connectivity index (χ3v) is 5.42. The second-order valence-electron chi connectivity index (χ2n) is 6.79. The summed E-state index contributed by atoms with van der Waals surface area (Å²) in [7, 11) is 0. The van der Waals surface area contributed by atoms with Crippen molar-refractivity contribution >= 4 is 16.9 Å². The van der Waals surface area contributed by atoms with E-state index < -0.39 is 11.6 Å². The average Bonchev–Trinajstić information content (AvgIpc) is 3.22. The van der Waals surface area contributed by atoms with Crippen LogP contribution in [0.1, 0.15) is 71.6 Å². The summed E-state index contributed by atoms with van der Waals surface area (Å²) in [5.41, 5.74) is 1.81. The Morgan fingerprint density at radius 2 is 1.72 bits per heavy atom. The van der Waals surface area contributed by atoms with Gasteiger partial charge in [-0.1, -0.05) is 66.7 Å². The minimum Gasteiger partial charge on any atom is -0.458 e. The van der Waals surface area contributed by atoms with E-state index in [1.54, 1.807) is 17.6 Å². The topological polar surface area (TPSA) is 81.4 Å². The molecule has 6 heteroatoms. The molecule has 5 rings (SSSR count). The number of carbonyl (C=O) groups excluding carboxylic acids is 1. The SMILES string of the molecule is CC.CC.CC.CC[C@@]1(O)C(=O)OCc2c1cc1n(c2=O)Cc2cc3ccccc3nc2-1. The lowest BCUT2D eigenvalue weighted by atomic mass is 9.86. The van der Waals surface area contributed by atoms with Gasteiger partial charge in [0, 0.05) is 16.5 Å². The maximum Gasteiger partial charge on any atom is 0.343 e. The fraction of sp³-hybridized carbons (Fsp3) is 0.423. The number of rotatable bonds is 1. The molecule has 3 aromatic rings. The monoisotopic (exact) mass is 438 g/mol. The van der Waals surface area contributed by atoms with Crippen LogP contribution in [0.4, 0.5) is 0 Å². The first-order valence-corrected chi connectivity index (χ1v) is 11.6. The molecule has 1 N–H and O–H groups in total. The Morgan fingerprint density at radius 1 is 1.06 bits per heavy atom. The van der Waals surface area contributed by atoms with Crippen molar-refractivity contribution in [3.63, 3.8) is 0 Å². The number of hydrogen-bond acceptors (Lipinski definition) is 5. The summed E-state index contributed by atoms with van der Waals surface area (Å²) >= 11 is 0. The highest BCUT2D eigenvalue weighted by atomic mass is 16.6. The van der Waals surface area contributed by atoms with Crippen LogP contribution in [0.25, 0.3) is 22.3 Å². The van der Waals surface area contributed by atoms with Gasteiger partial charge in [0.25, 0.3) is 5.56 Å². The number of ether oxygens (including phenoxy) is 1. The van der Waals surface area contributed by atoms with Gasteiger partial charge < -0.3 is 14.4 Å². The number of para-hydroxylation sites is 1. The van der Waals surface area contributed by atoms with Crippen LogP contribution in [0.15, 0.2) is 41.2 Å². The molecular formula is C26H34N2O4. The molecule has 0 fully saturated rings. The van der Waals surface area contributed by atoms with Crippen LogP contribution >= 0.6 is 0 Å². The Balaban J connectivity index is 0.000000561. The second-order valence-corrected chi connectivity index (χ2v) is 6.79. The van der Waals surface area contributed by atoms with Crippen molar-refractivity contribution in [1.29, 1.82) is 0 Å². The van der Waals surface area contributed by atoms with E-state index in [4.69, 9.17) is 9.72 Å². The maximum atomic E-state index is 13.0. The van der Waals surface area contributed by atoms with E-state index in [2.05, 4.69) is 0 Å². The largest absolute Gasteiger partial charge is 0.458 e. The van der Waals surface area contributed by atoms with Gasteiger partial charge in [0.1, 0.15) is 6.61 Å². The Kier molecular flexibility index (Phi) is 8.33. The molecule has 1 atom stereocenters. The van der Waals surface area contributed by atoms with Crippen LogP contribution in [-0.4, -0.2) is 20.6 Å². The average molecular weight is 439 g/mol. The minimum absolute atomic E-state index is 0.110. The highest BCUT2D eigenvalue weighted by Gasteiger charge is 2.45. The van der Waals surface area contributed by atoms with Crippen molar-refractivity contribution < 1.29 is 14.6 Å². The first-order chi connectivity index (χ1) is 15.5. The van der Waals surface area contributed by atoms with Crippen molar-refractivity contribution in [3.05, 3.63) is 63.4 Å². The number of benzene rings is 1. The molecule has 2 aliphatic heterocycles. The molecule has 32 heavy (non-hydrogen) atoms. The fourth-order valence-electron chi connectivity index (χ4n) is 3.93. The van der Waals surface area contributed by atoms with E-state index in [1.807, 2.05) is 71.9 Å². The first-order valence-electron chi connectivity index (χ1n) is 11.6. The third kappa shape index (κ3) is 3.95. The quantitative estimate of drug-likeness (QED) is 0.415. The third-order valence-electron chi connectivity index (χ3n) is 5.42. The molecule has 0 aliphatic carbocycles. The van der Waals surface area contributed by atoms with Gasteiger partial charge in [-0.25, -0.2) is 9.78 Å². The van der Waals surface area contributed by atoms with E-state index in [1.165, 1.54) is 0 Å². The van der Waals surface area contributed by atoms with Gasteiger partial charge in [-0.2, -0.15) is 0 Å². The summed E-state index contributed by atoms with van der Waals surface area (Å²) in [5.74, 6) is -0.707. The van der Waals surface area contributed by atoms with Gasteiger partial charge >= 0.3 is 5.97 Å². The smallest absolute Gasteiger partial charge is 0.343 e. The Morgan fingerprint density at radius 3 is 2.38 bits per heavy atom.